The second-order valence-corrected chi connectivity index (χ2v) is 9.24. The summed E-state index contributed by atoms with van der Waals surface area (Å²) in [5, 5.41) is 9.84. The number of nitrogens with zero attached hydrogens (tertiary/aromatic N) is 1. The molecule has 0 amide bonds. The molecule has 0 spiro atoms. The number of carbonyl (C=O) groups is 1. The Morgan fingerprint density at radius 1 is 1.09 bits per heavy atom. The molecule has 7 nitrogen and oxygen atoms in total. The van der Waals surface area contributed by atoms with Gasteiger partial charge in [0.1, 0.15) is 41.3 Å². The number of hydrogen-bond donors (Lipinski definition) is 1. The molecule has 2 aromatic carbocycles. The van der Waals surface area contributed by atoms with Gasteiger partial charge >= 0.3 is 0 Å². The molecule has 176 valence electrons. The maximum atomic E-state index is 13.2. The van der Waals surface area contributed by atoms with Crippen LogP contribution < -0.4 is 19.9 Å². The quantitative estimate of drug-likeness (QED) is 0.664. The summed E-state index contributed by atoms with van der Waals surface area (Å²) in [6.45, 7) is 4.33. The van der Waals surface area contributed by atoms with Crippen molar-refractivity contribution in [2.45, 2.75) is 39.2 Å². The minimum atomic E-state index is -0.595. The zero-order chi connectivity index (χ0) is 24.5. The van der Waals surface area contributed by atoms with Crippen LogP contribution in [-0.4, -0.2) is 20.0 Å². The lowest BCUT2D eigenvalue weighted by atomic mass is 9.70. The third kappa shape index (κ3) is 4.44. The number of allylic oxidation sites excluding steroid dienone is 3. The SMILES string of the molecule is COc1ccc(OCc2ccc(C3C(C#N)=C(N)OC4=C3C(=O)CC(C)(C)C4)cc2OC)cc1. The predicted octanol–water partition coefficient (Wildman–Crippen LogP) is 4.73. The van der Waals surface area contributed by atoms with E-state index < -0.39 is 5.92 Å². The van der Waals surface area contributed by atoms with E-state index >= 15 is 0 Å². The summed E-state index contributed by atoms with van der Waals surface area (Å²) in [4.78, 5) is 13.2. The first-order chi connectivity index (χ1) is 16.3. The fourth-order valence-corrected chi connectivity index (χ4v) is 4.51. The van der Waals surface area contributed by atoms with Gasteiger partial charge in [0.25, 0.3) is 0 Å². The number of rotatable bonds is 6. The number of methoxy groups -OCH3 is 2. The van der Waals surface area contributed by atoms with Crippen LogP contribution in [0.4, 0.5) is 0 Å². The van der Waals surface area contributed by atoms with Gasteiger partial charge in [-0.05, 0) is 41.3 Å². The molecule has 0 saturated carbocycles. The van der Waals surface area contributed by atoms with Crippen molar-refractivity contribution >= 4 is 5.78 Å². The van der Waals surface area contributed by atoms with Gasteiger partial charge in [0.2, 0.25) is 5.88 Å². The Morgan fingerprint density at radius 2 is 1.79 bits per heavy atom. The zero-order valence-corrected chi connectivity index (χ0v) is 19.8. The minimum Gasteiger partial charge on any atom is -0.497 e. The lowest BCUT2D eigenvalue weighted by Crippen LogP contribution is -2.33. The first-order valence-corrected chi connectivity index (χ1v) is 11.0. The van der Waals surface area contributed by atoms with Crippen LogP contribution in [0.2, 0.25) is 0 Å². The van der Waals surface area contributed by atoms with Crippen molar-refractivity contribution in [3.8, 4) is 23.3 Å². The van der Waals surface area contributed by atoms with E-state index in [1.54, 1.807) is 14.2 Å². The number of hydrogen-bond acceptors (Lipinski definition) is 7. The molecule has 2 aromatic rings. The molecule has 0 radical (unpaired) electrons. The largest absolute Gasteiger partial charge is 0.497 e. The van der Waals surface area contributed by atoms with E-state index in [4.69, 9.17) is 24.7 Å². The van der Waals surface area contributed by atoms with E-state index in [1.807, 2.05) is 56.3 Å². The van der Waals surface area contributed by atoms with Crippen LogP contribution in [0.15, 0.2) is 65.3 Å². The molecule has 2 N–H and O–H groups in total. The van der Waals surface area contributed by atoms with Crippen molar-refractivity contribution in [3.63, 3.8) is 0 Å². The molecule has 1 unspecified atom stereocenters. The van der Waals surface area contributed by atoms with Crippen LogP contribution in [-0.2, 0) is 16.1 Å². The highest BCUT2D eigenvalue weighted by Crippen LogP contribution is 2.48. The Balaban J connectivity index is 1.67. The maximum Gasteiger partial charge on any atom is 0.205 e. The smallest absolute Gasteiger partial charge is 0.205 e. The number of ether oxygens (including phenoxy) is 4. The molecule has 0 aromatic heterocycles. The molecule has 1 aliphatic heterocycles. The molecule has 1 heterocycles. The Morgan fingerprint density at radius 3 is 2.44 bits per heavy atom. The summed E-state index contributed by atoms with van der Waals surface area (Å²) in [5.41, 5.74) is 8.20. The molecule has 0 bridgehead atoms. The van der Waals surface area contributed by atoms with Crippen molar-refractivity contribution in [1.29, 1.82) is 5.26 Å². The molecule has 1 atom stereocenters. The Bertz CT molecular complexity index is 1220. The van der Waals surface area contributed by atoms with E-state index in [9.17, 15) is 10.1 Å². The number of Topliss-reactive ketones (excluding diaryl/α,β-unsaturated/α-hetero) is 1. The predicted molar refractivity (Wildman–Crippen MR) is 126 cm³/mol. The van der Waals surface area contributed by atoms with E-state index in [-0.39, 0.29) is 29.3 Å². The number of benzene rings is 2. The molecular weight excluding hydrogens is 432 g/mol. The first kappa shape index (κ1) is 23.2. The van der Waals surface area contributed by atoms with Gasteiger partial charge in [-0.15, -0.1) is 0 Å². The fraction of sp³-hybridized carbons (Fsp3) is 0.333. The summed E-state index contributed by atoms with van der Waals surface area (Å²) in [5.74, 6) is 2.02. The number of carbonyl (C=O) groups excluding carboxylic acids is 1. The van der Waals surface area contributed by atoms with Gasteiger partial charge in [-0.2, -0.15) is 5.26 Å². The highest BCUT2D eigenvalue weighted by atomic mass is 16.5. The monoisotopic (exact) mass is 460 g/mol. The van der Waals surface area contributed by atoms with Gasteiger partial charge in [-0.3, -0.25) is 4.79 Å². The normalized spacial score (nSPS) is 19.1. The summed E-state index contributed by atoms with van der Waals surface area (Å²) < 4.78 is 22.5. The lowest BCUT2D eigenvalue weighted by molar-refractivity contribution is -0.119. The van der Waals surface area contributed by atoms with Crippen LogP contribution >= 0.6 is 0 Å². The highest BCUT2D eigenvalue weighted by molar-refractivity contribution is 6.00. The third-order valence-corrected chi connectivity index (χ3v) is 6.17. The van der Waals surface area contributed by atoms with E-state index in [2.05, 4.69) is 6.07 Å². The zero-order valence-electron chi connectivity index (χ0n) is 19.8. The molecule has 2 aliphatic rings. The van der Waals surface area contributed by atoms with Crippen molar-refractivity contribution in [1.82, 2.24) is 0 Å². The molecular formula is C27H28N2O5. The molecule has 34 heavy (non-hydrogen) atoms. The van der Waals surface area contributed by atoms with Gasteiger partial charge in [0.15, 0.2) is 5.78 Å². The summed E-state index contributed by atoms with van der Waals surface area (Å²) in [6.07, 6.45) is 0.962. The molecule has 4 rings (SSSR count). The van der Waals surface area contributed by atoms with E-state index in [0.717, 1.165) is 16.9 Å². The van der Waals surface area contributed by atoms with Crippen LogP contribution in [0.3, 0.4) is 0 Å². The Hall–Kier alpha value is -3.92. The van der Waals surface area contributed by atoms with Gasteiger partial charge in [-0.25, -0.2) is 0 Å². The standard InChI is InChI=1S/C27H28N2O5/c1-27(2)12-21(30)25-23(13-27)34-26(29)20(14-28)24(25)16-5-6-17(22(11-16)32-4)15-33-19-9-7-18(31-3)8-10-19/h5-11,24H,12-13,15,29H2,1-4H3. The molecule has 0 saturated heterocycles. The van der Waals surface area contributed by atoms with Gasteiger partial charge in [0.05, 0.1) is 20.1 Å². The molecule has 0 fully saturated rings. The maximum absolute atomic E-state index is 13.2. The van der Waals surface area contributed by atoms with Gasteiger partial charge < -0.3 is 24.7 Å². The van der Waals surface area contributed by atoms with Crippen LogP contribution in [0.1, 0.15) is 43.7 Å². The van der Waals surface area contributed by atoms with Crippen LogP contribution in [0, 0.1) is 16.7 Å². The lowest BCUT2D eigenvalue weighted by Gasteiger charge is -2.37. The number of nitriles is 1. The van der Waals surface area contributed by atoms with Crippen molar-refractivity contribution < 1.29 is 23.7 Å². The average molecular weight is 461 g/mol. The summed E-state index contributed by atoms with van der Waals surface area (Å²) in [6, 6.07) is 15.1. The minimum absolute atomic E-state index is 0.0256. The van der Waals surface area contributed by atoms with Crippen molar-refractivity contribution in [3.05, 3.63) is 76.4 Å². The average Bonchev–Trinajstić information content (AvgIpc) is 2.81. The molecule has 7 heteroatoms. The van der Waals surface area contributed by atoms with Crippen molar-refractivity contribution in [2.75, 3.05) is 14.2 Å². The Kier molecular flexibility index (Phi) is 6.25. The summed E-state index contributed by atoms with van der Waals surface area (Å²) in [7, 11) is 3.19. The van der Waals surface area contributed by atoms with Gasteiger partial charge in [-0.1, -0.05) is 26.0 Å². The fourth-order valence-electron chi connectivity index (χ4n) is 4.51. The van der Waals surface area contributed by atoms with E-state index in [1.165, 1.54) is 0 Å². The third-order valence-electron chi connectivity index (χ3n) is 6.17. The second-order valence-electron chi connectivity index (χ2n) is 9.24. The molecule has 1 aliphatic carbocycles. The highest BCUT2D eigenvalue weighted by Gasteiger charge is 2.43. The topological polar surface area (TPSA) is 104 Å². The van der Waals surface area contributed by atoms with E-state index in [0.29, 0.717) is 35.7 Å². The number of nitrogens with two attached hydrogens (primary N) is 1. The van der Waals surface area contributed by atoms with Crippen LogP contribution in [0.25, 0.3) is 0 Å². The van der Waals surface area contributed by atoms with Crippen molar-refractivity contribution in [2.24, 2.45) is 11.1 Å². The second kappa shape index (κ2) is 9.14. The van der Waals surface area contributed by atoms with Gasteiger partial charge in [0, 0.05) is 24.0 Å². The van der Waals surface area contributed by atoms with Crippen LogP contribution in [0.5, 0.6) is 17.2 Å². The summed E-state index contributed by atoms with van der Waals surface area (Å²) >= 11 is 0. The number of ketones is 1. The Labute approximate surface area is 199 Å². The first-order valence-electron chi connectivity index (χ1n) is 11.0.